The van der Waals surface area contributed by atoms with Gasteiger partial charge in [-0.3, -0.25) is 9.59 Å². The van der Waals surface area contributed by atoms with Crippen molar-refractivity contribution in [1.82, 2.24) is 15.1 Å². The molecule has 0 spiro atoms. The number of piperidine rings is 1. The highest BCUT2D eigenvalue weighted by Gasteiger charge is 2.27. The Morgan fingerprint density at radius 1 is 1.12 bits per heavy atom. The van der Waals surface area contributed by atoms with Gasteiger partial charge in [-0.25, -0.2) is 0 Å². The molecule has 2 heterocycles. The fourth-order valence-electron chi connectivity index (χ4n) is 3.32. The molecule has 2 aromatic carbocycles. The average molecular weight is 470 g/mol. The number of hydrogen-bond donors (Lipinski definition) is 2. The quantitative estimate of drug-likeness (QED) is 0.482. The Kier molecular flexibility index (Phi) is 7.23. The van der Waals surface area contributed by atoms with Crippen molar-refractivity contribution < 1.29 is 14.3 Å². The Labute approximate surface area is 194 Å². The molecule has 2 amide bonds. The van der Waals surface area contributed by atoms with Gasteiger partial charge in [0, 0.05) is 18.8 Å². The van der Waals surface area contributed by atoms with Gasteiger partial charge in [0.15, 0.2) is 4.34 Å². The second-order valence-electron chi connectivity index (χ2n) is 7.31. The van der Waals surface area contributed by atoms with Gasteiger partial charge in [-0.05, 0) is 49.2 Å². The number of anilines is 2. The van der Waals surface area contributed by atoms with E-state index in [0.29, 0.717) is 22.6 Å². The molecule has 1 aromatic heterocycles. The van der Waals surface area contributed by atoms with E-state index in [0.717, 1.165) is 30.0 Å². The summed E-state index contributed by atoms with van der Waals surface area (Å²) in [6.07, 6.45) is 1.54. The van der Waals surface area contributed by atoms with Crippen LogP contribution in [0.25, 0.3) is 0 Å². The van der Waals surface area contributed by atoms with Crippen LogP contribution in [0, 0.1) is 5.92 Å². The van der Waals surface area contributed by atoms with Crippen LogP contribution in [0.2, 0.25) is 0 Å². The second kappa shape index (κ2) is 10.5. The minimum Gasteiger partial charge on any atom is -0.457 e. The van der Waals surface area contributed by atoms with Gasteiger partial charge in [0.25, 0.3) is 0 Å². The number of rotatable bonds is 8. The molecular formula is C22H23N5O3S2. The number of primary amides is 1. The Morgan fingerprint density at radius 2 is 1.88 bits per heavy atom. The molecule has 1 saturated heterocycles. The average Bonchev–Trinajstić information content (AvgIpc) is 3.27. The maximum atomic E-state index is 12.5. The molecular weight excluding hydrogens is 446 g/mol. The first-order valence-corrected chi connectivity index (χ1v) is 12.0. The SMILES string of the molecule is NC(=O)[C@H]1CCCN(C(=O)CSc2nnc(Nc3ccc(Oc4ccccc4)cc3)s2)C1. The van der Waals surface area contributed by atoms with Crippen LogP contribution in [-0.4, -0.2) is 45.8 Å². The molecule has 3 aromatic rings. The summed E-state index contributed by atoms with van der Waals surface area (Å²) >= 11 is 2.73. The number of nitrogens with one attached hydrogen (secondary N) is 1. The highest BCUT2D eigenvalue weighted by molar-refractivity contribution is 8.01. The van der Waals surface area contributed by atoms with Crippen LogP contribution in [0.3, 0.4) is 0 Å². The maximum absolute atomic E-state index is 12.5. The van der Waals surface area contributed by atoms with Gasteiger partial charge in [0.05, 0.1) is 11.7 Å². The third kappa shape index (κ3) is 5.98. The molecule has 8 nitrogen and oxygen atoms in total. The van der Waals surface area contributed by atoms with Crippen molar-refractivity contribution in [2.24, 2.45) is 11.7 Å². The first kappa shape index (κ1) is 22.1. The zero-order chi connectivity index (χ0) is 22.3. The van der Waals surface area contributed by atoms with Crippen molar-refractivity contribution in [2.75, 3.05) is 24.2 Å². The summed E-state index contributed by atoms with van der Waals surface area (Å²) < 4.78 is 6.50. The largest absolute Gasteiger partial charge is 0.457 e. The number of likely N-dealkylation sites (tertiary alicyclic amines) is 1. The van der Waals surface area contributed by atoms with E-state index < -0.39 is 0 Å². The lowest BCUT2D eigenvalue weighted by atomic mass is 9.97. The number of carbonyl (C=O) groups is 2. The number of nitrogens with zero attached hydrogens (tertiary/aromatic N) is 3. The van der Waals surface area contributed by atoms with Crippen LogP contribution in [0.5, 0.6) is 11.5 Å². The van der Waals surface area contributed by atoms with Crippen LogP contribution in [-0.2, 0) is 9.59 Å². The lowest BCUT2D eigenvalue weighted by molar-refractivity contribution is -0.132. The third-order valence-electron chi connectivity index (χ3n) is 4.99. The van der Waals surface area contributed by atoms with Crippen LogP contribution in [0.4, 0.5) is 10.8 Å². The van der Waals surface area contributed by atoms with Gasteiger partial charge in [0.2, 0.25) is 16.9 Å². The predicted molar refractivity (Wildman–Crippen MR) is 125 cm³/mol. The smallest absolute Gasteiger partial charge is 0.233 e. The molecule has 3 N–H and O–H groups in total. The van der Waals surface area contributed by atoms with E-state index in [9.17, 15) is 9.59 Å². The van der Waals surface area contributed by atoms with Crippen molar-refractivity contribution in [3.05, 3.63) is 54.6 Å². The first-order valence-electron chi connectivity index (χ1n) is 10.2. The van der Waals surface area contributed by atoms with Crippen molar-refractivity contribution in [3.8, 4) is 11.5 Å². The van der Waals surface area contributed by atoms with Crippen molar-refractivity contribution >= 4 is 45.7 Å². The van der Waals surface area contributed by atoms with Crippen LogP contribution in [0.1, 0.15) is 12.8 Å². The third-order valence-corrected chi connectivity index (χ3v) is 6.94. The summed E-state index contributed by atoms with van der Waals surface area (Å²) in [7, 11) is 0. The van der Waals surface area contributed by atoms with Gasteiger partial charge < -0.3 is 20.7 Å². The predicted octanol–water partition coefficient (Wildman–Crippen LogP) is 3.89. The van der Waals surface area contributed by atoms with E-state index in [2.05, 4.69) is 15.5 Å². The highest BCUT2D eigenvalue weighted by atomic mass is 32.2. The zero-order valence-electron chi connectivity index (χ0n) is 17.3. The first-order chi connectivity index (χ1) is 15.6. The summed E-state index contributed by atoms with van der Waals surface area (Å²) in [4.78, 5) is 25.6. The number of amides is 2. The van der Waals surface area contributed by atoms with E-state index in [1.165, 1.54) is 23.1 Å². The molecule has 32 heavy (non-hydrogen) atoms. The number of ether oxygens (including phenoxy) is 1. The van der Waals surface area contributed by atoms with E-state index in [4.69, 9.17) is 10.5 Å². The summed E-state index contributed by atoms with van der Waals surface area (Å²) in [5.74, 6) is 1.17. The van der Waals surface area contributed by atoms with Gasteiger partial charge in [0.1, 0.15) is 11.5 Å². The number of benzene rings is 2. The minimum atomic E-state index is -0.338. The number of thioether (sulfide) groups is 1. The summed E-state index contributed by atoms with van der Waals surface area (Å²) in [6, 6.07) is 17.2. The van der Waals surface area contributed by atoms with Gasteiger partial charge in [-0.15, -0.1) is 10.2 Å². The van der Waals surface area contributed by atoms with Crippen LogP contribution >= 0.6 is 23.1 Å². The van der Waals surface area contributed by atoms with Gasteiger partial charge >= 0.3 is 0 Å². The maximum Gasteiger partial charge on any atom is 0.233 e. The summed E-state index contributed by atoms with van der Waals surface area (Å²) in [6.45, 7) is 1.07. The normalized spacial score (nSPS) is 15.9. The van der Waals surface area contributed by atoms with E-state index >= 15 is 0 Å². The molecule has 1 fully saturated rings. The van der Waals surface area contributed by atoms with Gasteiger partial charge in [-0.2, -0.15) is 0 Å². The Hall–Kier alpha value is -3.11. The van der Waals surface area contributed by atoms with Crippen molar-refractivity contribution in [3.63, 3.8) is 0 Å². The fraction of sp³-hybridized carbons (Fsp3) is 0.273. The Balaban J connectivity index is 1.26. The number of aromatic nitrogens is 2. The molecule has 1 atom stereocenters. The molecule has 10 heteroatoms. The van der Waals surface area contributed by atoms with Crippen LogP contribution < -0.4 is 15.8 Å². The van der Waals surface area contributed by atoms with E-state index in [-0.39, 0.29) is 23.5 Å². The lowest BCUT2D eigenvalue weighted by Crippen LogP contribution is -2.44. The summed E-state index contributed by atoms with van der Waals surface area (Å²) in [5, 5.41) is 12.1. The molecule has 0 saturated carbocycles. The van der Waals surface area contributed by atoms with E-state index in [1.807, 2.05) is 54.6 Å². The molecule has 0 radical (unpaired) electrons. The fourth-order valence-corrected chi connectivity index (χ4v) is 5.00. The minimum absolute atomic E-state index is 0.0142. The number of carbonyl (C=O) groups excluding carboxylic acids is 2. The number of nitrogens with two attached hydrogens (primary N) is 1. The Morgan fingerprint density at radius 3 is 2.62 bits per heavy atom. The standard InChI is InChI=1S/C22H23N5O3S2/c23-20(29)15-5-4-12-27(13-15)19(28)14-31-22-26-25-21(32-22)24-16-8-10-18(11-9-16)30-17-6-2-1-3-7-17/h1-3,6-11,15H,4-5,12-14H2,(H2,23,29)(H,24,25)/t15-/m0/s1. The molecule has 0 aliphatic carbocycles. The van der Waals surface area contributed by atoms with Gasteiger partial charge in [-0.1, -0.05) is 41.3 Å². The van der Waals surface area contributed by atoms with Crippen molar-refractivity contribution in [1.29, 1.82) is 0 Å². The van der Waals surface area contributed by atoms with Crippen LogP contribution in [0.15, 0.2) is 58.9 Å². The molecule has 0 bridgehead atoms. The Bertz CT molecular complexity index is 1060. The lowest BCUT2D eigenvalue weighted by Gasteiger charge is -2.31. The molecule has 1 aliphatic heterocycles. The highest BCUT2D eigenvalue weighted by Crippen LogP contribution is 2.29. The monoisotopic (exact) mass is 469 g/mol. The van der Waals surface area contributed by atoms with E-state index in [1.54, 1.807) is 4.90 Å². The molecule has 0 unspecified atom stereocenters. The zero-order valence-corrected chi connectivity index (χ0v) is 18.9. The number of para-hydroxylation sites is 1. The molecule has 4 rings (SSSR count). The second-order valence-corrected chi connectivity index (χ2v) is 9.51. The molecule has 166 valence electrons. The number of hydrogen-bond acceptors (Lipinski definition) is 8. The topological polar surface area (TPSA) is 110 Å². The van der Waals surface area contributed by atoms with Crippen molar-refractivity contribution in [2.45, 2.75) is 17.2 Å². The summed E-state index contributed by atoms with van der Waals surface area (Å²) in [5.41, 5.74) is 6.25. The molecule has 1 aliphatic rings.